The summed E-state index contributed by atoms with van der Waals surface area (Å²) in [6.45, 7) is 2.42. The summed E-state index contributed by atoms with van der Waals surface area (Å²) in [7, 11) is 0. The fraction of sp³-hybridized carbons (Fsp3) is 0.227. The van der Waals surface area contributed by atoms with E-state index in [1.807, 2.05) is 61.5 Å². The summed E-state index contributed by atoms with van der Waals surface area (Å²) in [6.07, 6.45) is 0.234. The van der Waals surface area contributed by atoms with Crippen LogP contribution in [0, 0.1) is 18.3 Å². The van der Waals surface area contributed by atoms with E-state index in [1.54, 1.807) is 0 Å². The van der Waals surface area contributed by atoms with Gasteiger partial charge in [-0.3, -0.25) is 9.59 Å². The van der Waals surface area contributed by atoms with E-state index in [4.69, 9.17) is 0 Å². The highest BCUT2D eigenvalue weighted by atomic mass is 32.2. The molecule has 0 bridgehead atoms. The second kappa shape index (κ2) is 9.25. The molecule has 0 aliphatic carbocycles. The van der Waals surface area contributed by atoms with Crippen LogP contribution in [0.25, 0.3) is 0 Å². The molecule has 1 aliphatic rings. The number of allylic oxidation sites excluding steroid dienone is 1. The minimum Gasteiger partial charge on any atom is -0.351 e. The van der Waals surface area contributed by atoms with E-state index in [0.717, 1.165) is 16.7 Å². The van der Waals surface area contributed by atoms with Crippen LogP contribution in [-0.2, 0) is 16.1 Å². The predicted octanol–water partition coefficient (Wildman–Crippen LogP) is 3.38. The summed E-state index contributed by atoms with van der Waals surface area (Å²) in [5.41, 5.74) is 3.54. The number of hydrogen-bond donors (Lipinski definition) is 2. The Morgan fingerprint density at radius 3 is 2.64 bits per heavy atom. The fourth-order valence-corrected chi connectivity index (χ4v) is 4.07. The van der Waals surface area contributed by atoms with Crippen LogP contribution in [0.15, 0.2) is 65.2 Å². The second-order valence-corrected chi connectivity index (χ2v) is 7.55. The highest BCUT2D eigenvalue weighted by molar-refractivity contribution is 8.03. The van der Waals surface area contributed by atoms with E-state index in [9.17, 15) is 14.9 Å². The van der Waals surface area contributed by atoms with Crippen molar-refractivity contribution < 1.29 is 9.59 Å². The SMILES string of the molecule is Cc1ccccc1[C@@H]1CC(=O)NC(SCC(=O)NCc2ccccc2)=C1C#N. The maximum absolute atomic E-state index is 12.2. The first kappa shape index (κ1) is 19.7. The number of carbonyl (C=O) groups excluding carboxylic acids is 2. The molecule has 0 saturated carbocycles. The molecule has 142 valence electrons. The molecule has 2 amide bonds. The molecule has 0 fully saturated rings. The van der Waals surface area contributed by atoms with Crippen molar-refractivity contribution in [3.8, 4) is 6.07 Å². The lowest BCUT2D eigenvalue weighted by Gasteiger charge is -2.26. The average molecular weight is 391 g/mol. The monoisotopic (exact) mass is 391 g/mol. The molecule has 1 heterocycles. The van der Waals surface area contributed by atoms with Crippen LogP contribution in [0.1, 0.15) is 29.0 Å². The van der Waals surface area contributed by atoms with Crippen molar-refractivity contribution >= 4 is 23.6 Å². The van der Waals surface area contributed by atoms with Crippen molar-refractivity contribution in [1.29, 1.82) is 5.26 Å². The lowest BCUT2D eigenvalue weighted by Crippen LogP contribution is -2.32. The normalized spacial score (nSPS) is 16.3. The van der Waals surface area contributed by atoms with Gasteiger partial charge in [-0.15, -0.1) is 0 Å². The Morgan fingerprint density at radius 1 is 1.21 bits per heavy atom. The van der Waals surface area contributed by atoms with Crippen molar-refractivity contribution in [2.45, 2.75) is 25.8 Å². The first-order chi connectivity index (χ1) is 13.6. The van der Waals surface area contributed by atoms with Gasteiger partial charge in [0.2, 0.25) is 11.8 Å². The summed E-state index contributed by atoms with van der Waals surface area (Å²) >= 11 is 1.19. The highest BCUT2D eigenvalue weighted by Crippen LogP contribution is 2.37. The molecule has 0 radical (unpaired) electrons. The number of nitriles is 1. The van der Waals surface area contributed by atoms with E-state index in [-0.39, 0.29) is 29.9 Å². The number of hydrogen-bond acceptors (Lipinski definition) is 4. The quantitative estimate of drug-likeness (QED) is 0.791. The van der Waals surface area contributed by atoms with E-state index in [2.05, 4.69) is 16.7 Å². The Hall–Kier alpha value is -3.04. The van der Waals surface area contributed by atoms with Gasteiger partial charge in [-0.1, -0.05) is 66.4 Å². The lowest BCUT2D eigenvalue weighted by molar-refractivity contribution is -0.121. The van der Waals surface area contributed by atoms with Gasteiger partial charge in [0.15, 0.2) is 0 Å². The molecule has 1 atom stereocenters. The third-order valence-corrected chi connectivity index (χ3v) is 5.62. The van der Waals surface area contributed by atoms with Gasteiger partial charge < -0.3 is 10.6 Å². The fourth-order valence-electron chi connectivity index (χ4n) is 3.16. The number of aryl methyl sites for hydroxylation is 1. The Labute approximate surface area is 168 Å². The number of carbonyl (C=O) groups is 2. The van der Waals surface area contributed by atoms with Crippen molar-refractivity contribution in [1.82, 2.24) is 10.6 Å². The molecule has 3 rings (SSSR count). The van der Waals surface area contributed by atoms with Gasteiger partial charge in [-0.05, 0) is 23.6 Å². The van der Waals surface area contributed by atoms with Crippen molar-refractivity contribution in [3.05, 3.63) is 81.9 Å². The number of nitrogens with zero attached hydrogens (tertiary/aromatic N) is 1. The van der Waals surface area contributed by atoms with Gasteiger partial charge >= 0.3 is 0 Å². The smallest absolute Gasteiger partial charge is 0.230 e. The largest absolute Gasteiger partial charge is 0.351 e. The molecular formula is C22H21N3O2S. The molecule has 6 heteroatoms. The van der Waals surface area contributed by atoms with Crippen LogP contribution < -0.4 is 10.6 Å². The van der Waals surface area contributed by atoms with Gasteiger partial charge in [-0.25, -0.2) is 0 Å². The zero-order valence-electron chi connectivity index (χ0n) is 15.6. The van der Waals surface area contributed by atoms with Crippen LogP contribution in [0.2, 0.25) is 0 Å². The Kier molecular flexibility index (Phi) is 6.51. The highest BCUT2D eigenvalue weighted by Gasteiger charge is 2.30. The zero-order chi connectivity index (χ0) is 19.9. The molecule has 28 heavy (non-hydrogen) atoms. The second-order valence-electron chi connectivity index (χ2n) is 6.57. The summed E-state index contributed by atoms with van der Waals surface area (Å²) in [6, 6.07) is 19.7. The summed E-state index contributed by atoms with van der Waals surface area (Å²) in [4.78, 5) is 24.4. The van der Waals surface area contributed by atoms with E-state index >= 15 is 0 Å². The predicted molar refractivity (Wildman–Crippen MR) is 110 cm³/mol. The lowest BCUT2D eigenvalue weighted by atomic mass is 9.85. The van der Waals surface area contributed by atoms with Crippen molar-refractivity contribution in [2.75, 3.05) is 5.75 Å². The van der Waals surface area contributed by atoms with E-state index in [0.29, 0.717) is 17.1 Å². The molecule has 0 aromatic heterocycles. The standard InChI is InChI=1S/C22H21N3O2S/c1-15-7-5-6-10-17(15)18-11-20(26)25-22(19(18)12-23)28-14-21(27)24-13-16-8-3-2-4-9-16/h2-10,18H,11,13-14H2,1H3,(H,24,27)(H,25,26)/t18-/m0/s1. The van der Waals surface area contributed by atoms with Crippen LogP contribution >= 0.6 is 11.8 Å². The summed E-state index contributed by atoms with van der Waals surface area (Å²) < 4.78 is 0. The number of amides is 2. The summed E-state index contributed by atoms with van der Waals surface area (Å²) in [5, 5.41) is 15.8. The van der Waals surface area contributed by atoms with E-state index in [1.165, 1.54) is 11.8 Å². The Bertz CT molecular complexity index is 948. The van der Waals surface area contributed by atoms with Crippen LogP contribution in [-0.4, -0.2) is 17.6 Å². The van der Waals surface area contributed by atoms with Crippen molar-refractivity contribution in [3.63, 3.8) is 0 Å². The van der Waals surface area contributed by atoms with Crippen LogP contribution in [0.4, 0.5) is 0 Å². The molecule has 2 N–H and O–H groups in total. The van der Waals surface area contributed by atoms with Gasteiger partial charge in [0, 0.05) is 18.9 Å². The molecule has 2 aromatic carbocycles. The Morgan fingerprint density at radius 2 is 1.93 bits per heavy atom. The molecule has 1 aliphatic heterocycles. The van der Waals surface area contributed by atoms with Gasteiger partial charge in [0.05, 0.1) is 22.4 Å². The van der Waals surface area contributed by atoms with Gasteiger partial charge in [0.1, 0.15) is 0 Å². The molecule has 0 spiro atoms. The first-order valence-electron chi connectivity index (χ1n) is 9.01. The molecule has 0 unspecified atom stereocenters. The molecule has 5 nitrogen and oxygen atoms in total. The minimum absolute atomic E-state index is 0.133. The topological polar surface area (TPSA) is 82.0 Å². The number of benzene rings is 2. The first-order valence-corrected chi connectivity index (χ1v) is 10.00. The van der Waals surface area contributed by atoms with Crippen LogP contribution in [0.3, 0.4) is 0 Å². The van der Waals surface area contributed by atoms with Gasteiger partial charge in [-0.2, -0.15) is 5.26 Å². The minimum atomic E-state index is -0.283. The molecular weight excluding hydrogens is 370 g/mol. The zero-order valence-corrected chi connectivity index (χ0v) is 16.4. The molecule has 2 aromatic rings. The van der Waals surface area contributed by atoms with E-state index < -0.39 is 0 Å². The maximum Gasteiger partial charge on any atom is 0.230 e. The average Bonchev–Trinajstić information content (AvgIpc) is 2.71. The van der Waals surface area contributed by atoms with Crippen LogP contribution in [0.5, 0.6) is 0 Å². The maximum atomic E-state index is 12.2. The third kappa shape index (κ3) is 4.81. The third-order valence-electron chi connectivity index (χ3n) is 4.60. The Balaban J connectivity index is 1.70. The number of thioether (sulfide) groups is 1. The van der Waals surface area contributed by atoms with Gasteiger partial charge in [0.25, 0.3) is 0 Å². The number of rotatable bonds is 6. The van der Waals surface area contributed by atoms with Crippen molar-refractivity contribution in [2.24, 2.45) is 0 Å². The molecule has 0 saturated heterocycles. The number of nitrogens with one attached hydrogen (secondary N) is 2. The summed E-state index contributed by atoms with van der Waals surface area (Å²) in [5.74, 6) is -0.436.